The normalized spacial score (nSPS) is 11.3. The topological polar surface area (TPSA) is 80.9 Å². The smallest absolute Gasteiger partial charge is 0.416 e. The number of carbonyl (C=O) groups is 1. The van der Waals surface area contributed by atoms with Gasteiger partial charge >= 0.3 is 6.18 Å². The fourth-order valence-corrected chi connectivity index (χ4v) is 2.16. The van der Waals surface area contributed by atoms with Gasteiger partial charge in [-0.1, -0.05) is 18.2 Å². The number of pyridine rings is 1. The predicted octanol–water partition coefficient (Wildman–Crippen LogP) is 3.12. The maximum Gasteiger partial charge on any atom is 0.416 e. The van der Waals surface area contributed by atoms with Crippen LogP contribution in [-0.4, -0.2) is 27.6 Å². The number of halogens is 3. The molecule has 0 aliphatic rings. The van der Waals surface area contributed by atoms with E-state index in [1.165, 1.54) is 0 Å². The van der Waals surface area contributed by atoms with E-state index in [0.29, 0.717) is 17.8 Å². The van der Waals surface area contributed by atoms with E-state index in [1.807, 2.05) is 30.3 Å². The van der Waals surface area contributed by atoms with E-state index in [9.17, 15) is 18.0 Å². The van der Waals surface area contributed by atoms with Crippen molar-refractivity contribution in [3.8, 4) is 11.5 Å². The summed E-state index contributed by atoms with van der Waals surface area (Å²) in [7, 11) is 0. The zero-order valence-corrected chi connectivity index (χ0v) is 13.3. The minimum Gasteiger partial charge on any atom is -0.421 e. The zero-order valence-electron chi connectivity index (χ0n) is 13.3. The van der Waals surface area contributed by atoms with Gasteiger partial charge < -0.3 is 9.73 Å². The second-order valence-corrected chi connectivity index (χ2v) is 5.30. The van der Waals surface area contributed by atoms with E-state index in [0.717, 1.165) is 17.8 Å². The van der Waals surface area contributed by atoms with Gasteiger partial charge in [0, 0.05) is 24.7 Å². The molecule has 3 rings (SSSR count). The van der Waals surface area contributed by atoms with Crippen molar-refractivity contribution >= 4 is 5.91 Å². The summed E-state index contributed by atoms with van der Waals surface area (Å²) in [5.74, 6) is -0.0495. The summed E-state index contributed by atoms with van der Waals surface area (Å²) in [4.78, 5) is 15.6. The molecule has 0 radical (unpaired) electrons. The highest BCUT2D eigenvalue weighted by molar-refractivity contribution is 5.92. The molecule has 0 saturated carbocycles. The molecule has 1 aromatic carbocycles. The molecule has 2 aromatic heterocycles. The Labute approximate surface area is 146 Å². The lowest BCUT2D eigenvalue weighted by Crippen LogP contribution is -2.27. The van der Waals surface area contributed by atoms with E-state index in [2.05, 4.69) is 20.5 Å². The van der Waals surface area contributed by atoms with E-state index in [4.69, 9.17) is 4.42 Å². The van der Waals surface area contributed by atoms with Crippen LogP contribution in [0.2, 0.25) is 0 Å². The molecular formula is C17H13F3N4O2. The molecule has 3 aromatic rings. The number of nitrogens with zero attached hydrogens (tertiary/aromatic N) is 3. The molecule has 0 atom stereocenters. The van der Waals surface area contributed by atoms with Gasteiger partial charge in [-0.05, 0) is 24.3 Å². The van der Waals surface area contributed by atoms with Gasteiger partial charge in [-0.2, -0.15) is 13.2 Å². The van der Waals surface area contributed by atoms with Crippen LogP contribution < -0.4 is 5.32 Å². The monoisotopic (exact) mass is 362 g/mol. The van der Waals surface area contributed by atoms with Crippen LogP contribution in [0, 0.1) is 0 Å². The van der Waals surface area contributed by atoms with Gasteiger partial charge in [0.05, 0.1) is 5.56 Å². The number of hydrogen-bond donors (Lipinski definition) is 1. The molecule has 134 valence electrons. The van der Waals surface area contributed by atoms with E-state index in [-0.39, 0.29) is 18.7 Å². The molecule has 2 heterocycles. The Bertz CT molecular complexity index is 894. The quantitative estimate of drug-likeness (QED) is 0.754. The van der Waals surface area contributed by atoms with Crippen molar-refractivity contribution in [1.82, 2.24) is 20.5 Å². The summed E-state index contributed by atoms with van der Waals surface area (Å²) in [6, 6.07) is 10.7. The van der Waals surface area contributed by atoms with Gasteiger partial charge in [0.1, 0.15) is 5.69 Å². The van der Waals surface area contributed by atoms with Crippen LogP contribution in [-0.2, 0) is 12.6 Å². The number of nitrogens with one attached hydrogen (secondary N) is 1. The Hall–Kier alpha value is -3.23. The van der Waals surface area contributed by atoms with Crippen molar-refractivity contribution in [2.45, 2.75) is 12.6 Å². The molecule has 1 N–H and O–H groups in total. The number of benzene rings is 1. The van der Waals surface area contributed by atoms with Crippen molar-refractivity contribution in [2.75, 3.05) is 6.54 Å². The molecule has 0 bridgehead atoms. The van der Waals surface area contributed by atoms with Crippen LogP contribution in [0.15, 0.2) is 53.1 Å². The lowest BCUT2D eigenvalue weighted by atomic mass is 10.2. The molecular weight excluding hydrogens is 349 g/mol. The first kappa shape index (κ1) is 17.6. The van der Waals surface area contributed by atoms with Gasteiger partial charge in [0.2, 0.25) is 11.8 Å². The number of aromatic nitrogens is 3. The van der Waals surface area contributed by atoms with Gasteiger partial charge in [0.15, 0.2) is 0 Å². The first-order valence-electron chi connectivity index (χ1n) is 7.63. The fourth-order valence-electron chi connectivity index (χ4n) is 2.16. The largest absolute Gasteiger partial charge is 0.421 e. The Kier molecular flexibility index (Phi) is 4.97. The minimum absolute atomic E-state index is 0.118. The molecule has 0 saturated heterocycles. The predicted molar refractivity (Wildman–Crippen MR) is 85.0 cm³/mol. The maximum absolute atomic E-state index is 12.7. The third-order valence-corrected chi connectivity index (χ3v) is 3.43. The van der Waals surface area contributed by atoms with Gasteiger partial charge in [-0.15, -0.1) is 10.2 Å². The van der Waals surface area contributed by atoms with Crippen LogP contribution in [0.3, 0.4) is 0 Å². The highest BCUT2D eigenvalue weighted by atomic mass is 19.4. The Balaban J connectivity index is 1.57. The third-order valence-electron chi connectivity index (χ3n) is 3.43. The highest BCUT2D eigenvalue weighted by Crippen LogP contribution is 2.28. The number of carbonyl (C=O) groups excluding carboxylic acids is 1. The van der Waals surface area contributed by atoms with Gasteiger partial charge in [0.25, 0.3) is 5.91 Å². The van der Waals surface area contributed by atoms with E-state index >= 15 is 0 Å². The van der Waals surface area contributed by atoms with Crippen molar-refractivity contribution in [3.63, 3.8) is 0 Å². The second-order valence-electron chi connectivity index (χ2n) is 5.30. The highest BCUT2D eigenvalue weighted by Gasteiger charge is 2.31. The second kappa shape index (κ2) is 7.34. The summed E-state index contributed by atoms with van der Waals surface area (Å²) >= 11 is 0. The van der Waals surface area contributed by atoms with Crippen molar-refractivity contribution in [3.05, 3.63) is 65.8 Å². The van der Waals surface area contributed by atoms with Crippen LogP contribution >= 0.6 is 0 Å². The SMILES string of the molecule is O=C(NCCc1nnc(-c2ccccc2)o1)c1cc(C(F)(F)F)ccn1. The molecule has 6 nitrogen and oxygen atoms in total. The molecule has 9 heteroatoms. The summed E-state index contributed by atoms with van der Waals surface area (Å²) in [6.07, 6.45) is -3.35. The molecule has 0 aliphatic heterocycles. The number of amides is 1. The number of rotatable bonds is 5. The summed E-state index contributed by atoms with van der Waals surface area (Å²) in [5, 5.41) is 10.3. The molecule has 0 aliphatic carbocycles. The maximum atomic E-state index is 12.7. The zero-order chi connectivity index (χ0) is 18.6. The fraction of sp³-hybridized carbons (Fsp3) is 0.176. The lowest BCUT2D eigenvalue weighted by Gasteiger charge is -2.08. The van der Waals surface area contributed by atoms with E-state index < -0.39 is 17.6 Å². The van der Waals surface area contributed by atoms with Crippen molar-refractivity contribution in [1.29, 1.82) is 0 Å². The van der Waals surface area contributed by atoms with Crippen molar-refractivity contribution < 1.29 is 22.4 Å². The Morgan fingerprint density at radius 3 is 2.62 bits per heavy atom. The van der Waals surface area contributed by atoms with Gasteiger partial charge in [-0.25, -0.2) is 0 Å². The standard InChI is InChI=1S/C17H13F3N4O2/c18-17(19,20)12-6-8-21-13(10-12)15(25)22-9-7-14-23-24-16(26-14)11-4-2-1-3-5-11/h1-6,8,10H,7,9H2,(H,22,25). The summed E-state index contributed by atoms with van der Waals surface area (Å²) in [5.41, 5.74) is -0.471. The van der Waals surface area contributed by atoms with E-state index in [1.54, 1.807) is 0 Å². The molecule has 0 fully saturated rings. The number of hydrogen-bond acceptors (Lipinski definition) is 5. The van der Waals surface area contributed by atoms with Gasteiger partial charge in [-0.3, -0.25) is 9.78 Å². The average Bonchev–Trinajstić information content (AvgIpc) is 3.11. The summed E-state index contributed by atoms with van der Waals surface area (Å²) < 4.78 is 43.5. The molecule has 26 heavy (non-hydrogen) atoms. The minimum atomic E-state index is -4.53. The lowest BCUT2D eigenvalue weighted by molar-refractivity contribution is -0.137. The molecule has 0 unspecified atom stereocenters. The van der Waals surface area contributed by atoms with Crippen molar-refractivity contribution in [2.24, 2.45) is 0 Å². The summed E-state index contributed by atoms with van der Waals surface area (Å²) in [6.45, 7) is 0.118. The third kappa shape index (κ3) is 4.24. The molecule has 0 spiro atoms. The molecule has 1 amide bonds. The van der Waals surface area contributed by atoms with Crippen LogP contribution in [0.1, 0.15) is 21.9 Å². The number of alkyl halides is 3. The first-order chi connectivity index (χ1) is 12.4. The van der Waals surface area contributed by atoms with Crippen LogP contribution in [0.5, 0.6) is 0 Å². The average molecular weight is 362 g/mol. The van der Waals surface area contributed by atoms with Crippen LogP contribution in [0.4, 0.5) is 13.2 Å². The first-order valence-corrected chi connectivity index (χ1v) is 7.63. The van der Waals surface area contributed by atoms with Crippen LogP contribution in [0.25, 0.3) is 11.5 Å². The Morgan fingerprint density at radius 2 is 1.88 bits per heavy atom. The Morgan fingerprint density at radius 1 is 1.12 bits per heavy atom.